The van der Waals surface area contributed by atoms with Gasteiger partial charge >= 0.3 is 5.97 Å². The van der Waals surface area contributed by atoms with Crippen LogP contribution in [0.4, 0.5) is 5.82 Å². The Morgan fingerprint density at radius 3 is 3.41 bits per heavy atom. The predicted molar refractivity (Wildman–Crippen MR) is 63.9 cm³/mol. The number of carbonyl (C=O) groups is 1. The van der Waals surface area contributed by atoms with Crippen molar-refractivity contribution in [1.82, 2.24) is 4.98 Å². The zero-order chi connectivity index (χ0) is 12.1. The number of hydrogen-bond donors (Lipinski definition) is 1. The Bertz CT molecular complexity index is 443. The summed E-state index contributed by atoms with van der Waals surface area (Å²) in [4.78, 5) is 15.3. The third kappa shape index (κ3) is 2.96. The molecule has 17 heavy (non-hydrogen) atoms. The topological polar surface area (TPSA) is 60.5 Å². The molecule has 0 spiro atoms. The number of nitrogens with one attached hydrogen (secondary N) is 1. The number of aromatic nitrogens is 1. The molecule has 5 nitrogen and oxygen atoms in total. The van der Waals surface area contributed by atoms with Crippen molar-refractivity contribution in [3.8, 4) is 5.75 Å². The van der Waals surface area contributed by atoms with E-state index in [1.165, 1.54) is 6.08 Å². The normalized spacial score (nSPS) is 13.7. The molecule has 1 aromatic heterocycles. The van der Waals surface area contributed by atoms with E-state index in [0.717, 1.165) is 17.9 Å². The van der Waals surface area contributed by atoms with E-state index in [1.807, 2.05) is 6.07 Å². The van der Waals surface area contributed by atoms with E-state index < -0.39 is 0 Å². The average Bonchev–Trinajstić information content (AvgIpc) is 2.36. The van der Waals surface area contributed by atoms with E-state index in [-0.39, 0.29) is 5.97 Å². The summed E-state index contributed by atoms with van der Waals surface area (Å²) in [6, 6.07) is 1.84. The fraction of sp³-hybridized carbons (Fsp3) is 0.333. The summed E-state index contributed by atoms with van der Waals surface area (Å²) < 4.78 is 10.2. The van der Waals surface area contributed by atoms with Gasteiger partial charge in [-0.3, -0.25) is 0 Å². The van der Waals surface area contributed by atoms with Crippen molar-refractivity contribution in [2.75, 3.05) is 25.1 Å². The SMILES string of the molecule is CCOC(=O)/C=C/c1cnc2c(c1)OCCN2. The first-order valence-corrected chi connectivity index (χ1v) is 5.51. The first kappa shape index (κ1) is 11.4. The number of pyridine rings is 1. The van der Waals surface area contributed by atoms with Gasteiger partial charge in [0.2, 0.25) is 0 Å². The zero-order valence-corrected chi connectivity index (χ0v) is 9.60. The lowest BCUT2D eigenvalue weighted by atomic mass is 10.2. The molecule has 0 atom stereocenters. The molecule has 0 amide bonds. The Morgan fingerprint density at radius 1 is 1.71 bits per heavy atom. The highest BCUT2D eigenvalue weighted by Crippen LogP contribution is 2.25. The molecule has 0 saturated heterocycles. The molecule has 90 valence electrons. The summed E-state index contributed by atoms with van der Waals surface area (Å²) in [5.41, 5.74) is 0.806. The molecule has 1 aromatic rings. The van der Waals surface area contributed by atoms with Crippen LogP contribution in [0.5, 0.6) is 5.75 Å². The molecule has 0 fully saturated rings. The van der Waals surface area contributed by atoms with E-state index in [0.29, 0.717) is 19.0 Å². The van der Waals surface area contributed by atoms with Gasteiger partial charge in [0.25, 0.3) is 0 Å². The summed E-state index contributed by atoms with van der Waals surface area (Å²) in [5, 5.41) is 3.12. The molecule has 1 aliphatic rings. The van der Waals surface area contributed by atoms with E-state index >= 15 is 0 Å². The monoisotopic (exact) mass is 234 g/mol. The number of ether oxygens (including phenoxy) is 2. The lowest BCUT2D eigenvalue weighted by Gasteiger charge is -2.17. The van der Waals surface area contributed by atoms with Crippen molar-refractivity contribution in [3.63, 3.8) is 0 Å². The predicted octanol–water partition coefficient (Wildman–Crippen LogP) is 1.46. The lowest BCUT2D eigenvalue weighted by Crippen LogP contribution is -2.18. The molecule has 0 saturated carbocycles. The number of rotatable bonds is 3. The number of nitrogens with zero attached hydrogens (tertiary/aromatic N) is 1. The largest absolute Gasteiger partial charge is 0.488 e. The summed E-state index contributed by atoms with van der Waals surface area (Å²) in [5.74, 6) is 1.09. The Kier molecular flexibility index (Phi) is 3.59. The van der Waals surface area contributed by atoms with Crippen LogP contribution in [-0.4, -0.2) is 30.7 Å². The number of fused-ring (bicyclic) bond motifs is 1. The molecule has 0 aromatic carbocycles. The van der Waals surface area contributed by atoms with E-state index in [4.69, 9.17) is 9.47 Å². The van der Waals surface area contributed by atoms with Gasteiger partial charge in [-0.25, -0.2) is 9.78 Å². The van der Waals surface area contributed by atoms with Gasteiger partial charge in [0.05, 0.1) is 13.2 Å². The summed E-state index contributed by atoms with van der Waals surface area (Å²) in [7, 11) is 0. The lowest BCUT2D eigenvalue weighted by molar-refractivity contribution is -0.137. The van der Waals surface area contributed by atoms with Crippen LogP contribution in [0.3, 0.4) is 0 Å². The average molecular weight is 234 g/mol. The molecule has 2 heterocycles. The molecule has 0 radical (unpaired) electrons. The van der Waals surface area contributed by atoms with Crippen LogP contribution in [0.2, 0.25) is 0 Å². The third-order valence-electron chi connectivity index (χ3n) is 2.22. The maximum atomic E-state index is 11.1. The van der Waals surface area contributed by atoms with Gasteiger partial charge in [-0.05, 0) is 24.6 Å². The van der Waals surface area contributed by atoms with Crippen LogP contribution in [-0.2, 0) is 9.53 Å². The summed E-state index contributed by atoms with van der Waals surface area (Å²) in [6.07, 6.45) is 4.71. The van der Waals surface area contributed by atoms with Crippen molar-refractivity contribution >= 4 is 17.9 Å². The molecule has 0 aliphatic carbocycles. The van der Waals surface area contributed by atoms with E-state index in [9.17, 15) is 4.79 Å². The second-order valence-corrected chi connectivity index (χ2v) is 3.48. The van der Waals surface area contributed by atoms with Gasteiger partial charge in [0.15, 0.2) is 11.6 Å². The first-order valence-electron chi connectivity index (χ1n) is 5.51. The Labute approximate surface area is 99.4 Å². The van der Waals surface area contributed by atoms with Gasteiger partial charge < -0.3 is 14.8 Å². The smallest absolute Gasteiger partial charge is 0.330 e. The van der Waals surface area contributed by atoms with Gasteiger partial charge in [-0.15, -0.1) is 0 Å². The minimum atomic E-state index is -0.357. The molecule has 0 unspecified atom stereocenters. The van der Waals surface area contributed by atoms with Crippen LogP contribution < -0.4 is 10.1 Å². The maximum Gasteiger partial charge on any atom is 0.330 e. The van der Waals surface area contributed by atoms with Gasteiger partial charge in [-0.2, -0.15) is 0 Å². The number of hydrogen-bond acceptors (Lipinski definition) is 5. The van der Waals surface area contributed by atoms with Crippen LogP contribution in [0.25, 0.3) is 6.08 Å². The second kappa shape index (κ2) is 5.34. The van der Waals surface area contributed by atoms with E-state index in [2.05, 4.69) is 10.3 Å². The van der Waals surface area contributed by atoms with Crippen molar-refractivity contribution < 1.29 is 14.3 Å². The van der Waals surface area contributed by atoms with Crippen LogP contribution >= 0.6 is 0 Å². The summed E-state index contributed by atoms with van der Waals surface area (Å²) in [6.45, 7) is 3.53. The number of anilines is 1. The van der Waals surface area contributed by atoms with Crippen molar-refractivity contribution in [2.24, 2.45) is 0 Å². The number of carbonyl (C=O) groups excluding carboxylic acids is 1. The van der Waals surface area contributed by atoms with Crippen molar-refractivity contribution in [3.05, 3.63) is 23.9 Å². The van der Waals surface area contributed by atoms with Crippen LogP contribution in [0.1, 0.15) is 12.5 Å². The maximum absolute atomic E-state index is 11.1. The van der Waals surface area contributed by atoms with Crippen LogP contribution in [0, 0.1) is 0 Å². The third-order valence-corrected chi connectivity index (χ3v) is 2.22. The van der Waals surface area contributed by atoms with E-state index in [1.54, 1.807) is 19.2 Å². The quantitative estimate of drug-likeness (QED) is 0.633. The molecule has 1 aliphatic heterocycles. The first-order chi connectivity index (χ1) is 8.29. The molecule has 1 N–H and O–H groups in total. The minimum absolute atomic E-state index is 0.357. The Hall–Kier alpha value is -2.04. The molecule has 5 heteroatoms. The summed E-state index contributed by atoms with van der Waals surface area (Å²) >= 11 is 0. The van der Waals surface area contributed by atoms with Gasteiger partial charge in [0, 0.05) is 12.3 Å². The fourth-order valence-electron chi connectivity index (χ4n) is 1.48. The number of esters is 1. The minimum Gasteiger partial charge on any atom is -0.488 e. The molecular weight excluding hydrogens is 220 g/mol. The fourth-order valence-corrected chi connectivity index (χ4v) is 1.48. The Morgan fingerprint density at radius 2 is 2.59 bits per heavy atom. The van der Waals surface area contributed by atoms with Gasteiger partial charge in [0.1, 0.15) is 6.61 Å². The standard InChI is InChI=1S/C12H14N2O3/c1-2-16-11(15)4-3-9-7-10-12(14-8-9)13-5-6-17-10/h3-4,7-8H,2,5-6H2,1H3,(H,13,14)/b4-3+. The van der Waals surface area contributed by atoms with Crippen molar-refractivity contribution in [1.29, 1.82) is 0 Å². The molecular formula is C12H14N2O3. The highest BCUT2D eigenvalue weighted by Gasteiger charge is 2.10. The zero-order valence-electron chi connectivity index (χ0n) is 9.60. The van der Waals surface area contributed by atoms with Crippen LogP contribution in [0.15, 0.2) is 18.3 Å². The van der Waals surface area contributed by atoms with Gasteiger partial charge in [-0.1, -0.05) is 0 Å². The molecule has 2 rings (SSSR count). The molecule has 0 bridgehead atoms. The highest BCUT2D eigenvalue weighted by atomic mass is 16.5. The second-order valence-electron chi connectivity index (χ2n) is 3.48. The Balaban J connectivity index is 2.09. The van der Waals surface area contributed by atoms with Crippen molar-refractivity contribution in [2.45, 2.75) is 6.92 Å². The highest BCUT2D eigenvalue weighted by molar-refractivity contribution is 5.87.